The summed E-state index contributed by atoms with van der Waals surface area (Å²) in [7, 11) is -6.09. The molecule has 0 spiro atoms. The highest BCUT2D eigenvalue weighted by Crippen LogP contribution is 2.21. The number of nitrogens with zero attached hydrogens (tertiary/aromatic N) is 2. The number of fused-ring (bicyclic) bond motifs is 1. The zero-order valence-electron chi connectivity index (χ0n) is 17.8. The number of pyridine rings is 1. The van der Waals surface area contributed by atoms with Crippen molar-refractivity contribution >= 4 is 31.6 Å². The molecule has 4 aliphatic carbocycles. The van der Waals surface area contributed by atoms with Crippen LogP contribution in [0, 0.1) is 0 Å². The van der Waals surface area contributed by atoms with Crippen LogP contribution in [0.25, 0.3) is 11.2 Å². The SMILES string of the molecule is Brc1cccc2c[n+](-c3cc4ccc3CCc3ccc(cc3)CC4)cn12.O=S(=O)([O-])C(F)(F)F. The highest BCUT2D eigenvalue weighted by molar-refractivity contribution is 9.10. The first kappa shape index (κ1) is 24.4. The number of benzene rings is 2. The Morgan fingerprint density at radius 1 is 0.882 bits per heavy atom. The molecule has 34 heavy (non-hydrogen) atoms. The summed E-state index contributed by atoms with van der Waals surface area (Å²) in [4.78, 5) is 0. The molecule has 0 fully saturated rings. The molecule has 10 heteroatoms. The van der Waals surface area contributed by atoms with Crippen LogP contribution < -0.4 is 4.57 Å². The van der Waals surface area contributed by atoms with Gasteiger partial charge in [0.15, 0.2) is 20.2 Å². The van der Waals surface area contributed by atoms with Crippen LogP contribution >= 0.6 is 15.9 Å². The van der Waals surface area contributed by atoms with E-state index in [2.05, 4.69) is 98.1 Å². The summed E-state index contributed by atoms with van der Waals surface area (Å²) in [6.45, 7) is 0. The fourth-order valence-electron chi connectivity index (χ4n) is 3.83. The normalized spacial score (nSPS) is 13.8. The van der Waals surface area contributed by atoms with Crippen molar-refractivity contribution in [3.63, 3.8) is 0 Å². The molecule has 4 aromatic rings. The van der Waals surface area contributed by atoms with Crippen molar-refractivity contribution in [2.75, 3.05) is 0 Å². The number of hydrogen-bond acceptors (Lipinski definition) is 3. The van der Waals surface area contributed by atoms with Gasteiger partial charge in [0.2, 0.25) is 0 Å². The average molecular weight is 553 g/mol. The van der Waals surface area contributed by atoms with Gasteiger partial charge in [0, 0.05) is 0 Å². The molecule has 0 aliphatic heterocycles. The third kappa shape index (κ3) is 5.51. The molecule has 8 rings (SSSR count). The Bertz CT molecular complexity index is 1430. The van der Waals surface area contributed by atoms with Gasteiger partial charge in [0.05, 0.1) is 0 Å². The average Bonchev–Trinajstić information content (AvgIpc) is 3.20. The second kappa shape index (κ2) is 9.52. The van der Waals surface area contributed by atoms with Crippen LogP contribution in [-0.4, -0.2) is 22.9 Å². The molecule has 178 valence electrons. The standard InChI is InChI=1S/C23H20BrN2.CHF3O3S/c24-23-3-1-2-21-15-25(16-26(21)23)22-14-19-9-8-17-4-6-18(7-5-17)10-12-20(22)13-11-19;2-1(3,4)8(5,6)7/h1-7,11,13-16H,8-10,12H2;(H,5,6,7)/q+1;/p-1. The summed E-state index contributed by atoms with van der Waals surface area (Å²) in [5.74, 6) is 0. The van der Waals surface area contributed by atoms with E-state index in [0.29, 0.717) is 0 Å². The summed E-state index contributed by atoms with van der Waals surface area (Å²) >= 11 is 3.65. The molecule has 0 unspecified atom stereocenters. The van der Waals surface area contributed by atoms with Crippen molar-refractivity contribution in [2.45, 2.75) is 31.2 Å². The zero-order valence-corrected chi connectivity index (χ0v) is 20.2. The molecule has 0 atom stereocenters. The topological polar surface area (TPSA) is 65.5 Å². The molecule has 0 saturated heterocycles. The molecule has 2 heterocycles. The molecule has 0 radical (unpaired) electrons. The number of halogens is 4. The van der Waals surface area contributed by atoms with Crippen LogP contribution in [-0.2, 0) is 35.8 Å². The van der Waals surface area contributed by atoms with E-state index in [9.17, 15) is 13.2 Å². The second-order valence-electron chi connectivity index (χ2n) is 7.97. The van der Waals surface area contributed by atoms with Crippen LogP contribution in [0.15, 0.2) is 77.8 Å². The smallest absolute Gasteiger partial charge is 0.485 e. The second-order valence-corrected chi connectivity index (χ2v) is 10.2. The number of rotatable bonds is 1. The van der Waals surface area contributed by atoms with E-state index in [-0.39, 0.29) is 0 Å². The maximum Gasteiger partial charge on any atom is 0.485 e. The lowest BCUT2D eigenvalue weighted by Crippen LogP contribution is -2.29. The maximum atomic E-state index is 10.7. The summed E-state index contributed by atoms with van der Waals surface area (Å²) in [5.41, 5.74) is 2.48. The predicted molar refractivity (Wildman–Crippen MR) is 124 cm³/mol. The first-order chi connectivity index (χ1) is 16.0. The lowest BCUT2D eigenvalue weighted by atomic mass is 9.95. The van der Waals surface area contributed by atoms with Crippen LogP contribution in [0.2, 0.25) is 0 Å². The van der Waals surface area contributed by atoms with Crippen molar-refractivity contribution in [1.82, 2.24) is 4.40 Å². The van der Waals surface area contributed by atoms with Gasteiger partial charge in [-0.2, -0.15) is 17.6 Å². The number of alkyl halides is 3. The number of hydrogen-bond donors (Lipinski definition) is 0. The summed E-state index contributed by atoms with van der Waals surface area (Å²) in [6, 6.07) is 22.5. The molecule has 2 aromatic carbocycles. The summed E-state index contributed by atoms with van der Waals surface area (Å²) < 4.78 is 64.4. The van der Waals surface area contributed by atoms with Gasteiger partial charge in [-0.05, 0) is 82.1 Å². The fourth-order valence-corrected chi connectivity index (χ4v) is 4.27. The quantitative estimate of drug-likeness (QED) is 0.146. The fraction of sp³-hybridized carbons (Fsp3) is 0.208. The Kier molecular flexibility index (Phi) is 6.84. The summed E-state index contributed by atoms with van der Waals surface area (Å²) in [5, 5.41) is 0. The van der Waals surface area contributed by atoms with Gasteiger partial charge in [-0.1, -0.05) is 42.5 Å². The number of aryl methyl sites for hydroxylation is 4. The van der Waals surface area contributed by atoms with E-state index in [1.165, 1.54) is 33.5 Å². The first-order valence-corrected chi connectivity index (χ1v) is 12.6. The van der Waals surface area contributed by atoms with E-state index in [0.717, 1.165) is 30.3 Å². The van der Waals surface area contributed by atoms with E-state index >= 15 is 0 Å². The van der Waals surface area contributed by atoms with E-state index < -0.39 is 15.6 Å². The van der Waals surface area contributed by atoms with Gasteiger partial charge in [0.25, 0.3) is 6.33 Å². The minimum absolute atomic E-state index is 1.05. The molecule has 4 bridgehead atoms. The maximum absolute atomic E-state index is 10.7. The van der Waals surface area contributed by atoms with Crippen LogP contribution in [0.4, 0.5) is 13.2 Å². The van der Waals surface area contributed by atoms with E-state index in [1.54, 1.807) is 0 Å². The molecule has 0 saturated carbocycles. The Balaban J connectivity index is 0.000000297. The lowest BCUT2D eigenvalue weighted by Gasteiger charge is -2.12. The van der Waals surface area contributed by atoms with Crippen LogP contribution in [0.3, 0.4) is 0 Å². The Morgan fingerprint density at radius 3 is 2.03 bits per heavy atom. The van der Waals surface area contributed by atoms with Crippen molar-refractivity contribution < 1.29 is 30.7 Å². The molecular weight excluding hydrogens is 533 g/mol. The Labute approximate surface area is 203 Å². The molecule has 0 amide bonds. The minimum Gasteiger partial charge on any atom is -0.741 e. The third-order valence-electron chi connectivity index (χ3n) is 5.64. The predicted octanol–water partition coefficient (Wildman–Crippen LogP) is 4.91. The Hall–Kier alpha value is -2.69. The van der Waals surface area contributed by atoms with Gasteiger partial charge < -0.3 is 4.55 Å². The third-order valence-corrected chi connectivity index (χ3v) is 6.85. The van der Waals surface area contributed by atoms with E-state index in [1.807, 2.05) is 0 Å². The van der Waals surface area contributed by atoms with E-state index in [4.69, 9.17) is 13.0 Å². The van der Waals surface area contributed by atoms with Crippen molar-refractivity contribution in [2.24, 2.45) is 0 Å². The molecular formula is C24H20BrF3N2O3S. The highest BCUT2D eigenvalue weighted by Gasteiger charge is 2.36. The lowest BCUT2D eigenvalue weighted by molar-refractivity contribution is -0.594. The van der Waals surface area contributed by atoms with Crippen molar-refractivity contribution in [3.8, 4) is 5.69 Å². The van der Waals surface area contributed by atoms with Gasteiger partial charge in [-0.3, -0.25) is 0 Å². The number of aromatic nitrogens is 2. The highest BCUT2D eigenvalue weighted by atomic mass is 79.9. The van der Waals surface area contributed by atoms with Gasteiger partial charge in [0.1, 0.15) is 11.9 Å². The summed E-state index contributed by atoms with van der Waals surface area (Å²) in [6.07, 6.45) is 8.67. The van der Waals surface area contributed by atoms with Gasteiger partial charge in [-0.15, -0.1) is 0 Å². The minimum atomic E-state index is -6.09. The van der Waals surface area contributed by atoms with Crippen molar-refractivity contribution in [3.05, 3.63) is 100 Å². The monoisotopic (exact) mass is 552 g/mol. The zero-order chi connectivity index (χ0) is 24.5. The van der Waals surface area contributed by atoms with Gasteiger partial charge >= 0.3 is 5.51 Å². The molecule has 4 aliphatic rings. The van der Waals surface area contributed by atoms with Gasteiger partial charge in [-0.25, -0.2) is 13.0 Å². The largest absolute Gasteiger partial charge is 0.741 e. The number of imidazole rings is 1. The first-order valence-electron chi connectivity index (χ1n) is 10.4. The van der Waals surface area contributed by atoms with Crippen LogP contribution in [0.1, 0.15) is 22.3 Å². The molecule has 2 aromatic heterocycles. The van der Waals surface area contributed by atoms with Crippen molar-refractivity contribution in [1.29, 1.82) is 0 Å². The Morgan fingerprint density at radius 2 is 1.44 bits per heavy atom. The molecule has 5 nitrogen and oxygen atoms in total. The molecule has 0 N–H and O–H groups in total. The van der Waals surface area contributed by atoms with Crippen LogP contribution in [0.5, 0.6) is 0 Å².